The highest BCUT2D eigenvalue weighted by atomic mass is 19.1. The molecule has 0 aromatic heterocycles. The summed E-state index contributed by atoms with van der Waals surface area (Å²) in [5.74, 6) is -1.77. The average molecular weight is 537 g/mol. The van der Waals surface area contributed by atoms with Gasteiger partial charge in [-0.15, -0.1) is 0 Å². The van der Waals surface area contributed by atoms with Crippen molar-refractivity contribution in [2.75, 3.05) is 26.2 Å². The molecular weight excluding hydrogens is 495 g/mol. The molecule has 4 rings (SSSR count). The Kier molecular flexibility index (Phi) is 8.45. The van der Waals surface area contributed by atoms with Crippen LogP contribution in [-0.2, 0) is 0 Å². The molecule has 2 aromatic carbocycles. The number of nitrogens with one attached hydrogen (secondary N) is 1. The van der Waals surface area contributed by atoms with Crippen molar-refractivity contribution in [3.8, 4) is 11.1 Å². The SMILES string of the molecule is CCN1CCCC1CN(C(=O)c1cc(C(=O)NCC(C)(C)C)ccc1-c1cc(C(N)=O)cc(F)c1C)C1CC1. The molecular formula is C31H41FN4O3. The Bertz CT molecular complexity index is 1270. The van der Waals surface area contributed by atoms with E-state index in [-0.39, 0.29) is 28.8 Å². The van der Waals surface area contributed by atoms with Crippen molar-refractivity contribution in [1.29, 1.82) is 0 Å². The second kappa shape index (κ2) is 11.5. The van der Waals surface area contributed by atoms with Crippen molar-refractivity contribution in [2.24, 2.45) is 11.1 Å². The number of benzene rings is 2. The van der Waals surface area contributed by atoms with E-state index in [4.69, 9.17) is 5.73 Å². The van der Waals surface area contributed by atoms with Crippen molar-refractivity contribution >= 4 is 17.7 Å². The van der Waals surface area contributed by atoms with E-state index in [0.29, 0.717) is 46.9 Å². The molecule has 1 saturated heterocycles. The third-order valence-corrected chi connectivity index (χ3v) is 7.77. The first kappa shape index (κ1) is 28.7. The van der Waals surface area contributed by atoms with E-state index in [1.165, 1.54) is 6.07 Å². The van der Waals surface area contributed by atoms with Gasteiger partial charge < -0.3 is 16.0 Å². The van der Waals surface area contributed by atoms with Crippen molar-refractivity contribution < 1.29 is 18.8 Å². The molecule has 2 fully saturated rings. The molecule has 39 heavy (non-hydrogen) atoms. The fourth-order valence-electron chi connectivity index (χ4n) is 5.33. The second-order valence-corrected chi connectivity index (χ2v) is 12.1. The Balaban J connectivity index is 1.79. The van der Waals surface area contributed by atoms with Crippen molar-refractivity contribution in [2.45, 2.75) is 72.4 Å². The van der Waals surface area contributed by atoms with Gasteiger partial charge in [0.25, 0.3) is 11.8 Å². The highest BCUT2D eigenvalue weighted by Gasteiger charge is 2.37. The molecule has 3 N–H and O–H groups in total. The number of hydrogen-bond donors (Lipinski definition) is 2. The maximum absolute atomic E-state index is 14.9. The minimum absolute atomic E-state index is 0.0297. The fraction of sp³-hybridized carbons (Fsp3) is 0.516. The molecule has 0 radical (unpaired) electrons. The number of hydrogen-bond acceptors (Lipinski definition) is 4. The highest BCUT2D eigenvalue weighted by molar-refractivity contribution is 6.05. The molecule has 2 aliphatic rings. The molecule has 0 spiro atoms. The predicted molar refractivity (Wildman–Crippen MR) is 151 cm³/mol. The van der Waals surface area contributed by atoms with Gasteiger partial charge in [-0.3, -0.25) is 19.3 Å². The van der Waals surface area contributed by atoms with Crippen LogP contribution in [0, 0.1) is 18.2 Å². The summed E-state index contributed by atoms with van der Waals surface area (Å²) in [6, 6.07) is 8.04. The summed E-state index contributed by atoms with van der Waals surface area (Å²) in [5, 5.41) is 2.95. The summed E-state index contributed by atoms with van der Waals surface area (Å²) in [6.07, 6.45) is 4.03. The minimum atomic E-state index is -0.748. The van der Waals surface area contributed by atoms with E-state index in [0.717, 1.165) is 44.8 Å². The lowest BCUT2D eigenvalue weighted by Crippen LogP contribution is -2.44. The zero-order valence-electron chi connectivity index (χ0n) is 23.8. The van der Waals surface area contributed by atoms with Crippen LogP contribution in [0.3, 0.4) is 0 Å². The Morgan fingerprint density at radius 1 is 1.08 bits per heavy atom. The highest BCUT2D eigenvalue weighted by Crippen LogP contribution is 2.35. The standard InChI is InChI=1S/C31H41FN4O3/c1-6-35-13-7-8-23(35)17-36(22-10-11-22)30(39)26-14-20(29(38)34-18-31(3,4)5)9-12-24(26)25-15-21(28(33)37)16-27(32)19(25)2/h9,12,14-16,22-23H,6-8,10-11,13,17-18H2,1-5H3,(H2,33,37)(H,34,38). The van der Waals surface area contributed by atoms with Crippen molar-refractivity contribution in [3.63, 3.8) is 0 Å². The maximum atomic E-state index is 14.9. The predicted octanol–water partition coefficient (Wildman–Crippen LogP) is 4.76. The van der Waals surface area contributed by atoms with Gasteiger partial charge in [-0.05, 0) is 92.1 Å². The van der Waals surface area contributed by atoms with Crippen LogP contribution in [0.25, 0.3) is 11.1 Å². The number of primary amides is 1. The van der Waals surface area contributed by atoms with Crippen LogP contribution in [0.15, 0.2) is 30.3 Å². The number of amides is 3. The number of likely N-dealkylation sites (N-methyl/N-ethyl adjacent to an activating group) is 1. The van der Waals surface area contributed by atoms with Crippen molar-refractivity contribution in [1.82, 2.24) is 15.1 Å². The van der Waals surface area contributed by atoms with Crippen LogP contribution in [0.1, 0.15) is 90.0 Å². The Morgan fingerprint density at radius 3 is 2.41 bits per heavy atom. The molecule has 1 saturated carbocycles. The zero-order valence-corrected chi connectivity index (χ0v) is 23.8. The van der Waals surface area contributed by atoms with Crippen LogP contribution in [0.4, 0.5) is 4.39 Å². The summed E-state index contributed by atoms with van der Waals surface area (Å²) < 4.78 is 14.9. The summed E-state index contributed by atoms with van der Waals surface area (Å²) in [5.41, 5.74) is 7.31. The van der Waals surface area contributed by atoms with Crippen LogP contribution in [-0.4, -0.2) is 65.8 Å². The molecule has 1 aliphatic heterocycles. The first-order valence-corrected chi connectivity index (χ1v) is 14.0. The molecule has 1 heterocycles. The largest absolute Gasteiger partial charge is 0.366 e. The fourth-order valence-corrected chi connectivity index (χ4v) is 5.33. The van der Waals surface area contributed by atoms with Gasteiger partial charge in [-0.25, -0.2) is 4.39 Å². The minimum Gasteiger partial charge on any atom is -0.366 e. The number of carbonyl (C=O) groups is 3. The summed E-state index contributed by atoms with van der Waals surface area (Å²) in [4.78, 5) is 43.7. The van der Waals surface area contributed by atoms with Gasteiger partial charge in [0, 0.05) is 41.9 Å². The lowest BCUT2D eigenvalue weighted by molar-refractivity contribution is 0.0692. The Morgan fingerprint density at radius 2 is 1.79 bits per heavy atom. The summed E-state index contributed by atoms with van der Waals surface area (Å²) in [6.45, 7) is 12.9. The maximum Gasteiger partial charge on any atom is 0.254 e. The van der Waals surface area contributed by atoms with E-state index in [2.05, 4.69) is 17.1 Å². The molecule has 1 aliphatic carbocycles. The summed E-state index contributed by atoms with van der Waals surface area (Å²) >= 11 is 0. The van der Waals surface area contributed by atoms with Gasteiger partial charge in [0.05, 0.1) is 0 Å². The Labute approximate surface area is 230 Å². The number of nitrogens with zero attached hydrogens (tertiary/aromatic N) is 2. The number of nitrogens with two attached hydrogens (primary N) is 1. The van der Waals surface area contributed by atoms with Gasteiger partial charge >= 0.3 is 0 Å². The number of likely N-dealkylation sites (tertiary alicyclic amines) is 1. The van der Waals surface area contributed by atoms with E-state index >= 15 is 0 Å². The first-order valence-electron chi connectivity index (χ1n) is 14.0. The van der Waals surface area contributed by atoms with E-state index in [9.17, 15) is 18.8 Å². The lowest BCUT2D eigenvalue weighted by Gasteiger charge is -2.31. The van der Waals surface area contributed by atoms with Crippen LogP contribution in [0.5, 0.6) is 0 Å². The molecule has 7 nitrogen and oxygen atoms in total. The topological polar surface area (TPSA) is 95.7 Å². The van der Waals surface area contributed by atoms with Crippen LogP contribution < -0.4 is 11.1 Å². The van der Waals surface area contributed by atoms with E-state index < -0.39 is 11.7 Å². The van der Waals surface area contributed by atoms with Crippen LogP contribution in [0.2, 0.25) is 0 Å². The van der Waals surface area contributed by atoms with Gasteiger partial charge in [0.1, 0.15) is 5.82 Å². The molecule has 1 unspecified atom stereocenters. The van der Waals surface area contributed by atoms with Gasteiger partial charge in [0.2, 0.25) is 5.91 Å². The Hall–Kier alpha value is -3.26. The quantitative estimate of drug-likeness (QED) is 0.483. The normalized spacial score (nSPS) is 17.7. The lowest BCUT2D eigenvalue weighted by atomic mass is 9.91. The van der Waals surface area contributed by atoms with Gasteiger partial charge in [-0.2, -0.15) is 0 Å². The third kappa shape index (κ3) is 6.67. The number of carbonyl (C=O) groups excluding carboxylic acids is 3. The average Bonchev–Trinajstić information content (AvgIpc) is 3.63. The zero-order chi connectivity index (χ0) is 28.5. The molecule has 2 aromatic rings. The first-order chi connectivity index (χ1) is 18.4. The van der Waals surface area contributed by atoms with E-state index in [1.807, 2.05) is 25.7 Å². The van der Waals surface area contributed by atoms with E-state index in [1.54, 1.807) is 25.1 Å². The summed E-state index contributed by atoms with van der Waals surface area (Å²) in [7, 11) is 0. The molecule has 3 amide bonds. The monoisotopic (exact) mass is 536 g/mol. The molecule has 0 bridgehead atoms. The van der Waals surface area contributed by atoms with Gasteiger partial charge in [0.15, 0.2) is 0 Å². The number of rotatable bonds is 9. The van der Waals surface area contributed by atoms with Crippen LogP contribution >= 0.6 is 0 Å². The molecule has 1 atom stereocenters. The van der Waals surface area contributed by atoms with Gasteiger partial charge in [-0.1, -0.05) is 33.8 Å². The molecule has 8 heteroatoms. The third-order valence-electron chi connectivity index (χ3n) is 7.77. The number of halogens is 1. The van der Waals surface area contributed by atoms with Crippen molar-refractivity contribution in [3.05, 3.63) is 58.4 Å². The molecule has 210 valence electrons. The second-order valence-electron chi connectivity index (χ2n) is 12.1. The smallest absolute Gasteiger partial charge is 0.254 e.